The van der Waals surface area contributed by atoms with Gasteiger partial charge in [0.15, 0.2) is 5.92 Å². The molecular weight excluding hydrogens is 286 g/mol. The minimum Gasteiger partial charge on any atom is -0.496 e. The molecule has 0 N–H and O–H groups in total. The second kappa shape index (κ2) is 8.81. The quantitative estimate of drug-likeness (QED) is 0.439. The van der Waals surface area contributed by atoms with Crippen LogP contribution in [0.15, 0.2) is 23.2 Å². The first-order valence-corrected chi connectivity index (χ1v) is 7.05. The van der Waals surface area contributed by atoms with E-state index >= 15 is 0 Å². The molecule has 6 heteroatoms. The first kappa shape index (κ1) is 17.7. The smallest absolute Gasteiger partial charge is 0.325 e. The third kappa shape index (κ3) is 4.87. The van der Waals surface area contributed by atoms with Crippen LogP contribution in [-0.4, -0.2) is 38.5 Å². The van der Waals surface area contributed by atoms with Crippen LogP contribution in [0.1, 0.15) is 19.4 Å². The van der Waals surface area contributed by atoms with Crippen molar-refractivity contribution in [2.75, 3.05) is 20.3 Å². The van der Waals surface area contributed by atoms with Gasteiger partial charge in [-0.2, -0.15) is 0 Å². The lowest BCUT2D eigenvalue weighted by molar-refractivity contribution is -0.157. The summed E-state index contributed by atoms with van der Waals surface area (Å²) in [6.45, 7) is 5.59. The fraction of sp³-hybridized carbons (Fsp3) is 0.438. The molecule has 0 aliphatic carbocycles. The zero-order chi connectivity index (χ0) is 16.5. The number of aliphatic imine (C=N–C) groups is 1. The highest BCUT2D eigenvalue weighted by molar-refractivity contribution is 6.09. The van der Waals surface area contributed by atoms with Crippen LogP contribution in [0, 0.1) is 12.8 Å². The zero-order valence-electron chi connectivity index (χ0n) is 13.3. The number of nitrogens with zero attached hydrogens (tertiary/aromatic N) is 1. The van der Waals surface area contributed by atoms with E-state index in [4.69, 9.17) is 14.2 Å². The maximum absolute atomic E-state index is 11.8. The molecule has 0 saturated carbocycles. The van der Waals surface area contributed by atoms with E-state index in [2.05, 4.69) is 4.99 Å². The highest BCUT2D eigenvalue weighted by atomic mass is 16.6. The number of carbonyl (C=O) groups is 2. The maximum Gasteiger partial charge on any atom is 0.325 e. The van der Waals surface area contributed by atoms with Crippen molar-refractivity contribution in [1.29, 1.82) is 0 Å². The Hall–Kier alpha value is -2.37. The Morgan fingerprint density at radius 1 is 1.18 bits per heavy atom. The van der Waals surface area contributed by atoms with Crippen molar-refractivity contribution in [2.45, 2.75) is 20.8 Å². The Balaban J connectivity index is 2.94. The summed E-state index contributed by atoms with van der Waals surface area (Å²) in [6, 6.07) is 5.30. The Bertz CT molecular complexity index is 535. The second-order valence-electron chi connectivity index (χ2n) is 4.41. The van der Waals surface area contributed by atoms with Crippen molar-refractivity contribution < 1.29 is 23.8 Å². The third-order valence-electron chi connectivity index (χ3n) is 2.83. The van der Waals surface area contributed by atoms with E-state index < -0.39 is 17.9 Å². The van der Waals surface area contributed by atoms with Crippen molar-refractivity contribution in [3.8, 4) is 5.75 Å². The number of carbonyl (C=O) groups excluding carboxylic acids is 2. The van der Waals surface area contributed by atoms with E-state index in [1.807, 2.05) is 6.92 Å². The van der Waals surface area contributed by atoms with E-state index in [1.165, 1.54) is 6.21 Å². The van der Waals surface area contributed by atoms with Gasteiger partial charge in [-0.1, -0.05) is 0 Å². The lowest BCUT2D eigenvalue weighted by Gasteiger charge is -2.10. The largest absolute Gasteiger partial charge is 0.496 e. The van der Waals surface area contributed by atoms with E-state index in [9.17, 15) is 9.59 Å². The maximum atomic E-state index is 11.8. The lowest BCUT2D eigenvalue weighted by Crippen LogP contribution is -2.29. The van der Waals surface area contributed by atoms with Crippen LogP contribution < -0.4 is 4.74 Å². The van der Waals surface area contributed by atoms with Crippen LogP contribution in [0.5, 0.6) is 5.75 Å². The minimum atomic E-state index is -1.16. The fourth-order valence-electron chi connectivity index (χ4n) is 1.79. The van der Waals surface area contributed by atoms with Gasteiger partial charge < -0.3 is 14.2 Å². The van der Waals surface area contributed by atoms with Gasteiger partial charge in [-0.05, 0) is 44.5 Å². The number of aryl methyl sites for hydroxylation is 1. The van der Waals surface area contributed by atoms with Gasteiger partial charge in [-0.3, -0.25) is 14.6 Å². The summed E-state index contributed by atoms with van der Waals surface area (Å²) in [5.41, 5.74) is 1.51. The molecule has 0 aromatic heterocycles. The molecule has 1 rings (SSSR count). The number of hydrogen-bond acceptors (Lipinski definition) is 6. The average Bonchev–Trinajstić information content (AvgIpc) is 2.48. The van der Waals surface area contributed by atoms with Crippen LogP contribution in [0.25, 0.3) is 0 Å². The normalized spacial score (nSPS) is 10.8. The van der Waals surface area contributed by atoms with Crippen molar-refractivity contribution in [3.63, 3.8) is 0 Å². The summed E-state index contributed by atoms with van der Waals surface area (Å²) in [7, 11) is 1.59. The summed E-state index contributed by atoms with van der Waals surface area (Å²) in [6.07, 6.45) is 1.25. The van der Waals surface area contributed by atoms with Gasteiger partial charge in [0.1, 0.15) is 5.75 Å². The van der Waals surface area contributed by atoms with Crippen LogP contribution in [0.3, 0.4) is 0 Å². The summed E-state index contributed by atoms with van der Waals surface area (Å²) >= 11 is 0. The Morgan fingerprint density at radius 2 is 1.77 bits per heavy atom. The molecule has 22 heavy (non-hydrogen) atoms. The summed E-state index contributed by atoms with van der Waals surface area (Å²) in [5, 5.41) is 0. The zero-order valence-corrected chi connectivity index (χ0v) is 13.3. The lowest BCUT2D eigenvalue weighted by atomic mass is 10.1. The minimum absolute atomic E-state index is 0.185. The summed E-state index contributed by atoms with van der Waals surface area (Å²) in [4.78, 5) is 27.8. The van der Waals surface area contributed by atoms with Gasteiger partial charge in [-0.15, -0.1) is 0 Å². The molecule has 0 aliphatic rings. The molecule has 0 bridgehead atoms. The molecule has 1 aromatic carbocycles. The highest BCUT2D eigenvalue weighted by Crippen LogP contribution is 2.23. The van der Waals surface area contributed by atoms with E-state index in [-0.39, 0.29) is 13.2 Å². The van der Waals surface area contributed by atoms with Gasteiger partial charge in [0.25, 0.3) is 0 Å². The monoisotopic (exact) mass is 307 g/mol. The van der Waals surface area contributed by atoms with Crippen molar-refractivity contribution in [2.24, 2.45) is 10.9 Å². The number of benzene rings is 1. The van der Waals surface area contributed by atoms with Crippen molar-refractivity contribution in [3.05, 3.63) is 23.8 Å². The molecule has 0 heterocycles. The molecule has 6 nitrogen and oxygen atoms in total. The van der Waals surface area contributed by atoms with Crippen LogP contribution in [-0.2, 0) is 19.1 Å². The van der Waals surface area contributed by atoms with Gasteiger partial charge >= 0.3 is 11.9 Å². The molecule has 0 spiro atoms. The number of esters is 2. The second-order valence-corrected chi connectivity index (χ2v) is 4.41. The molecule has 0 radical (unpaired) electrons. The number of methoxy groups -OCH3 is 1. The molecule has 0 aliphatic heterocycles. The first-order chi connectivity index (χ1) is 10.5. The number of rotatable bonds is 7. The Morgan fingerprint density at radius 3 is 2.23 bits per heavy atom. The van der Waals surface area contributed by atoms with Gasteiger partial charge in [-0.25, -0.2) is 0 Å². The van der Waals surface area contributed by atoms with Crippen molar-refractivity contribution >= 4 is 23.8 Å². The predicted octanol–water partition coefficient (Wildman–Crippen LogP) is 2.45. The third-order valence-corrected chi connectivity index (χ3v) is 2.83. The molecule has 0 fully saturated rings. The van der Waals surface area contributed by atoms with E-state index in [1.54, 1.807) is 39.2 Å². The number of hydrogen-bond donors (Lipinski definition) is 0. The average molecular weight is 307 g/mol. The van der Waals surface area contributed by atoms with Crippen LogP contribution >= 0.6 is 0 Å². The SMILES string of the molecule is CCOC(=O)C(C=Nc1ccc(OC)c(C)c1)C(=O)OCC. The van der Waals surface area contributed by atoms with Gasteiger partial charge in [0.2, 0.25) is 0 Å². The molecule has 0 unspecified atom stereocenters. The van der Waals surface area contributed by atoms with E-state index in [0.29, 0.717) is 5.69 Å². The predicted molar refractivity (Wildman–Crippen MR) is 82.6 cm³/mol. The first-order valence-electron chi connectivity index (χ1n) is 7.05. The number of ether oxygens (including phenoxy) is 3. The van der Waals surface area contributed by atoms with Gasteiger partial charge in [0, 0.05) is 6.21 Å². The van der Waals surface area contributed by atoms with Crippen LogP contribution in [0.4, 0.5) is 5.69 Å². The van der Waals surface area contributed by atoms with Crippen molar-refractivity contribution in [1.82, 2.24) is 0 Å². The van der Waals surface area contributed by atoms with E-state index in [0.717, 1.165) is 11.3 Å². The Labute approximate surface area is 130 Å². The highest BCUT2D eigenvalue weighted by Gasteiger charge is 2.27. The molecule has 120 valence electrons. The molecule has 0 saturated heterocycles. The fourth-order valence-corrected chi connectivity index (χ4v) is 1.79. The molecule has 0 amide bonds. The summed E-state index contributed by atoms with van der Waals surface area (Å²) in [5.74, 6) is -1.77. The van der Waals surface area contributed by atoms with Gasteiger partial charge in [0.05, 0.1) is 26.0 Å². The van der Waals surface area contributed by atoms with Crippen LogP contribution in [0.2, 0.25) is 0 Å². The molecular formula is C16H21NO5. The molecule has 0 atom stereocenters. The topological polar surface area (TPSA) is 74.2 Å². The Kier molecular flexibility index (Phi) is 7.08. The summed E-state index contributed by atoms with van der Waals surface area (Å²) < 4.78 is 14.9. The standard InChI is InChI=1S/C16H21NO5/c1-5-21-15(18)13(16(19)22-6-2)10-17-12-7-8-14(20-4)11(3)9-12/h7-10,13H,5-6H2,1-4H3. The molecule has 1 aromatic rings.